The van der Waals surface area contributed by atoms with Crippen LogP contribution in [0.1, 0.15) is 17.5 Å². The third-order valence-electron chi connectivity index (χ3n) is 4.15. The summed E-state index contributed by atoms with van der Waals surface area (Å²) < 4.78 is 20.5. The highest BCUT2D eigenvalue weighted by Gasteiger charge is 2.32. The van der Waals surface area contributed by atoms with Gasteiger partial charge < -0.3 is 15.1 Å². The molecular formula is C16H22FN5O2. The molecule has 0 spiro atoms. The van der Waals surface area contributed by atoms with Gasteiger partial charge >= 0.3 is 6.03 Å². The Morgan fingerprint density at radius 2 is 2.33 bits per heavy atom. The summed E-state index contributed by atoms with van der Waals surface area (Å²) in [6.45, 7) is 1.84. The second-order valence-electron chi connectivity index (χ2n) is 6.13. The zero-order valence-electron chi connectivity index (χ0n) is 13.6. The van der Waals surface area contributed by atoms with E-state index in [1.165, 1.54) is 0 Å². The SMILES string of the molecule is Cn1cc(CN2C[C@@H](F)C[C@H]2CNC(=O)NCc2ccoc2)cn1. The number of amides is 2. The predicted molar refractivity (Wildman–Crippen MR) is 85.9 cm³/mol. The van der Waals surface area contributed by atoms with Crippen molar-refractivity contribution in [2.24, 2.45) is 7.05 Å². The molecule has 7 nitrogen and oxygen atoms in total. The highest BCUT2D eigenvalue weighted by molar-refractivity contribution is 5.73. The first-order valence-electron chi connectivity index (χ1n) is 7.98. The zero-order valence-corrected chi connectivity index (χ0v) is 13.6. The molecule has 0 aliphatic carbocycles. The normalized spacial score (nSPS) is 21.1. The van der Waals surface area contributed by atoms with E-state index < -0.39 is 6.17 Å². The maximum absolute atomic E-state index is 13.8. The Bertz CT molecular complexity index is 657. The quantitative estimate of drug-likeness (QED) is 0.837. The third-order valence-corrected chi connectivity index (χ3v) is 4.15. The summed E-state index contributed by atoms with van der Waals surface area (Å²) >= 11 is 0. The maximum Gasteiger partial charge on any atom is 0.315 e. The fourth-order valence-electron chi connectivity index (χ4n) is 2.97. The lowest BCUT2D eigenvalue weighted by molar-refractivity contribution is 0.219. The van der Waals surface area contributed by atoms with Gasteiger partial charge in [-0.15, -0.1) is 0 Å². The summed E-state index contributed by atoms with van der Waals surface area (Å²) in [5.74, 6) is 0. The number of carbonyl (C=O) groups excluding carboxylic acids is 1. The molecule has 0 bridgehead atoms. The third kappa shape index (κ3) is 4.35. The molecule has 1 aliphatic rings. The van der Waals surface area contributed by atoms with Gasteiger partial charge in [-0.2, -0.15) is 5.10 Å². The Balaban J connectivity index is 1.46. The van der Waals surface area contributed by atoms with Crippen molar-refractivity contribution in [3.63, 3.8) is 0 Å². The maximum atomic E-state index is 13.8. The molecule has 1 fully saturated rings. The van der Waals surface area contributed by atoms with Crippen LogP contribution in [0.15, 0.2) is 35.4 Å². The molecule has 0 saturated carbocycles. The molecule has 0 unspecified atom stereocenters. The van der Waals surface area contributed by atoms with Gasteiger partial charge in [-0.25, -0.2) is 9.18 Å². The van der Waals surface area contributed by atoms with Gasteiger partial charge in [0.2, 0.25) is 0 Å². The van der Waals surface area contributed by atoms with E-state index in [2.05, 4.69) is 20.6 Å². The van der Waals surface area contributed by atoms with Gasteiger partial charge in [0.15, 0.2) is 0 Å². The standard InChI is InChI=1S/C16H22FN5O2/c1-21-8-13(6-20-21)9-22-10-14(17)4-15(22)7-19-16(23)18-5-12-2-3-24-11-12/h2-3,6,8,11,14-15H,4-5,7,9-10H2,1H3,(H2,18,19,23)/t14-,15-/m0/s1. The minimum absolute atomic E-state index is 0.0140. The average molecular weight is 335 g/mol. The minimum atomic E-state index is -0.859. The number of carbonyl (C=O) groups is 1. The lowest BCUT2D eigenvalue weighted by Gasteiger charge is -2.23. The first-order valence-corrected chi connectivity index (χ1v) is 7.98. The second-order valence-corrected chi connectivity index (χ2v) is 6.13. The first kappa shape index (κ1) is 16.5. The van der Waals surface area contributed by atoms with Gasteiger partial charge in [-0.1, -0.05) is 0 Å². The van der Waals surface area contributed by atoms with E-state index in [9.17, 15) is 9.18 Å². The molecule has 3 heterocycles. The largest absolute Gasteiger partial charge is 0.472 e. The Morgan fingerprint density at radius 3 is 3.04 bits per heavy atom. The second kappa shape index (κ2) is 7.48. The van der Waals surface area contributed by atoms with Crippen molar-refractivity contribution in [2.75, 3.05) is 13.1 Å². The Labute approximate surface area is 139 Å². The van der Waals surface area contributed by atoms with E-state index in [0.717, 1.165) is 11.1 Å². The number of aryl methyl sites for hydroxylation is 1. The van der Waals surface area contributed by atoms with Crippen LogP contribution in [-0.2, 0) is 20.1 Å². The number of furan rings is 1. The van der Waals surface area contributed by atoms with Crippen molar-refractivity contribution in [3.05, 3.63) is 42.1 Å². The smallest absolute Gasteiger partial charge is 0.315 e. The Hall–Kier alpha value is -2.35. The molecule has 2 aromatic rings. The molecule has 2 N–H and O–H groups in total. The Kier molecular flexibility index (Phi) is 5.14. The fourth-order valence-corrected chi connectivity index (χ4v) is 2.97. The molecule has 1 aliphatic heterocycles. The summed E-state index contributed by atoms with van der Waals surface area (Å²) in [6, 6.07) is 1.51. The van der Waals surface area contributed by atoms with Crippen LogP contribution >= 0.6 is 0 Å². The van der Waals surface area contributed by atoms with Crippen molar-refractivity contribution in [1.82, 2.24) is 25.3 Å². The van der Waals surface area contributed by atoms with Crippen LogP contribution in [0.3, 0.4) is 0 Å². The van der Waals surface area contributed by atoms with Crippen LogP contribution < -0.4 is 10.6 Å². The summed E-state index contributed by atoms with van der Waals surface area (Å²) in [5.41, 5.74) is 1.94. The average Bonchev–Trinajstić information content (AvgIpc) is 3.26. The van der Waals surface area contributed by atoms with Gasteiger partial charge in [0.1, 0.15) is 6.17 Å². The molecule has 8 heteroatoms. The molecule has 130 valence electrons. The van der Waals surface area contributed by atoms with Crippen molar-refractivity contribution >= 4 is 6.03 Å². The fraction of sp³-hybridized carbons (Fsp3) is 0.500. The van der Waals surface area contributed by atoms with E-state index in [-0.39, 0.29) is 12.1 Å². The van der Waals surface area contributed by atoms with E-state index in [1.54, 1.807) is 29.5 Å². The number of aromatic nitrogens is 2. The van der Waals surface area contributed by atoms with E-state index in [4.69, 9.17) is 4.42 Å². The van der Waals surface area contributed by atoms with Crippen molar-refractivity contribution in [3.8, 4) is 0 Å². The molecule has 0 radical (unpaired) electrons. The van der Waals surface area contributed by atoms with Crippen molar-refractivity contribution < 1.29 is 13.6 Å². The monoisotopic (exact) mass is 335 g/mol. The molecule has 24 heavy (non-hydrogen) atoms. The van der Waals surface area contributed by atoms with Crippen LogP contribution in [0.4, 0.5) is 9.18 Å². The number of nitrogens with zero attached hydrogens (tertiary/aromatic N) is 3. The molecule has 2 atom stereocenters. The number of halogens is 1. The number of rotatable bonds is 6. The van der Waals surface area contributed by atoms with Crippen LogP contribution in [0, 0.1) is 0 Å². The van der Waals surface area contributed by atoms with Gasteiger partial charge in [0, 0.05) is 56.6 Å². The highest BCUT2D eigenvalue weighted by atomic mass is 19.1. The summed E-state index contributed by atoms with van der Waals surface area (Å²) in [6.07, 6.45) is 6.43. The summed E-state index contributed by atoms with van der Waals surface area (Å²) in [4.78, 5) is 13.9. The van der Waals surface area contributed by atoms with E-state index >= 15 is 0 Å². The van der Waals surface area contributed by atoms with Gasteiger partial charge in [-0.3, -0.25) is 9.58 Å². The molecular weight excluding hydrogens is 313 g/mol. The van der Waals surface area contributed by atoms with Gasteiger partial charge in [-0.05, 0) is 12.5 Å². The van der Waals surface area contributed by atoms with Crippen molar-refractivity contribution in [2.45, 2.75) is 31.7 Å². The van der Waals surface area contributed by atoms with Gasteiger partial charge in [0.25, 0.3) is 0 Å². The van der Waals surface area contributed by atoms with Crippen molar-refractivity contribution in [1.29, 1.82) is 0 Å². The lowest BCUT2D eigenvalue weighted by Crippen LogP contribution is -2.43. The summed E-state index contributed by atoms with van der Waals surface area (Å²) in [5, 5.41) is 9.71. The number of hydrogen-bond acceptors (Lipinski definition) is 4. The van der Waals surface area contributed by atoms with Crippen LogP contribution in [0.5, 0.6) is 0 Å². The highest BCUT2D eigenvalue weighted by Crippen LogP contribution is 2.22. The number of nitrogens with one attached hydrogen (secondary N) is 2. The minimum Gasteiger partial charge on any atom is -0.472 e. The lowest BCUT2D eigenvalue weighted by atomic mass is 10.2. The molecule has 0 aromatic carbocycles. The first-order chi connectivity index (χ1) is 11.6. The van der Waals surface area contributed by atoms with Crippen LogP contribution in [0.25, 0.3) is 0 Å². The number of urea groups is 1. The topological polar surface area (TPSA) is 75.3 Å². The number of hydrogen-bond donors (Lipinski definition) is 2. The zero-order chi connectivity index (χ0) is 16.9. The summed E-state index contributed by atoms with van der Waals surface area (Å²) in [7, 11) is 1.86. The van der Waals surface area contributed by atoms with Crippen LogP contribution in [0.2, 0.25) is 0 Å². The van der Waals surface area contributed by atoms with E-state index in [0.29, 0.717) is 32.6 Å². The number of alkyl halides is 1. The molecule has 3 rings (SSSR count). The molecule has 2 aromatic heterocycles. The Morgan fingerprint density at radius 1 is 1.46 bits per heavy atom. The molecule has 2 amide bonds. The van der Waals surface area contributed by atoms with Crippen LogP contribution in [-0.4, -0.2) is 46.0 Å². The molecule has 1 saturated heterocycles. The van der Waals surface area contributed by atoms with E-state index in [1.807, 2.05) is 13.2 Å². The van der Waals surface area contributed by atoms with Gasteiger partial charge in [0.05, 0.1) is 18.7 Å². The number of likely N-dealkylation sites (tertiary alicyclic amines) is 1. The predicted octanol–water partition coefficient (Wildman–Crippen LogP) is 1.42.